The molecule has 0 bridgehead atoms. The molecule has 2 N–H and O–H groups in total. The Labute approximate surface area is 125 Å². The topological polar surface area (TPSA) is 24.1 Å². The fourth-order valence-electron chi connectivity index (χ4n) is 2.47. The summed E-state index contributed by atoms with van der Waals surface area (Å²) in [4.78, 5) is 0. The van der Waals surface area contributed by atoms with Crippen molar-refractivity contribution in [2.24, 2.45) is 0 Å². The van der Waals surface area contributed by atoms with Crippen molar-refractivity contribution >= 4 is 15.9 Å². The van der Waals surface area contributed by atoms with Gasteiger partial charge in [-0.2, -0.15) is 0 Å². The molecule has 2 nitrogen and oxygen atoms in total. The van der Waals surface area contributed by atoms with Crippen LogP contribution in [0.2, 0.25) is 0 Å². The van der Waals surface area contributed by atoms with E-state index in [4.69, 9.17) is 0 Å². The molecule has 1 aromatic rings. The number of rotatable bonds is 7. The van der Waals surface area contributed by atoms with E-state index in [2.05, 4.69) is 65.5 Å². The molecule has 1 aromatic carbocycles. The third-order valence-corrected chi connectivity index (χ3v) is 4.30. The molecule has 0 aromatic heterocycles. The lowest BCUT2D eigenvalue weighted by Gasteiger charge is -2.28. The minimum Gasteiger partial charge on any atom is -0.315 e. The zero-order valence-corrected chi connectivity index (χ0v) is 13.8. The molecule has 0 heterocycles. The van der Waals surface area contributed by atoms with Crippen LogP contribution >= 0.6 is 15.9 Å². The zero-order valence-electron chi connectivity index (χ0n) is 12.2. The summed E-state index contributed by atoms with van der Waals surface area (Å²) in [6.45, 7) is 9.95. The van der Waals surface area contributed by atoms with Crippen LogP contribution in [0.3, 0.4) is 0 Å². The van der Waals surface area contributed by atoms with Crippen LogP contribution in [0, 0.1) is 6.92 Å². The van der Waals surface area contributed by atoms with Gasteiger partial charge in [0, 0.05) is 35.6 Å². The molecule has 1 fully saturated rings. The van der Waals surface area contributed by atoms with Gasteiger partial charge in [-0.1, -0.05) is 35.8 Å². The highest BCUT2D eigenvalue weighted by molar-refractivity contribution is 9.10. The third-order valence-electron chi connectivity index (χ3n) is 3.81. The summed E-state index contributed by atoms with van der Waals surface area (Å²) in [5.41, 5.74) is 2.95. The monoisotopic (exact) mass is 324 g/mol. The highest BCUT2D eigenvalue weighted by Gasteiger charge is 2.23. The lowest BCUT2D eigenvalue weighted by atomic mass is 9.82. The summed E-state index contributed by atoms with van der Waals surface area (Å²) in [5.74, 6) is 0. The van der Waals surface area contributed by atoms with Crippen LogP contribution in [-0.4, -0.2) is 25.7 Å². The minimum atomic E-state index is 0.160. The Morgan fingerprint density at radius 3 is 2.68 bits per heavy atom. The first-order valence-corrected chi connectivity index (χ1v) is 7.99. The maximum absolute atomic E-state index is 3.58. The Balaban J connectivity index is 1.83. The van der Waals surface area contributed by atoms with Gasteiger partial charge in [0.2, 0.25) is 0 Å². The number of halogens is 1. The number of benzene rings is 1. The Hall–Kier alpha value is -0.380. The van der Waals surface area contributed by atoms with Gasteiger partial charge in [0.15, 0.2) is 0 Å². The maximum Gasteiger partial charge on any atom is 0.0178 e. The van der Waals surface area contributed by atoms with Crippen molar-refractivity contribution in [1.82, 2.24) is 10.6 Å². The van der Waals surface area contributed by atoms with Gasteiger partial charge in [-0.25, -0.2) is 0 Å². The largest absolute Gasteiger partial charge is 0.315 e. The zero-order chi connectivity index (χ0) is 13.9. The lowest BCUT2D eigenvalue weighted by Crippen LogP contribution is -2.37. The van der Waals surface area contributed by atoms with Crippen LogP contribution in [0.5, 0.6) is 0 Å². The third kappa shape index (κ3) is 4.59. The molecule has 0 amide bonds. The Morgan fingerprint density at radius 1 is 1.26 bits per heavy atom. The van der Waals surface area contributed by atoms with Gasteiger partial charge in [-0.05, 0) is 43.0 Å². The summed E-state index contributed by atoms with van der Waals surface area (Å²) in [5, 5.41) is 7.11. The fourth-order valence-corrected chi connectivity index (χ4v) is 2.83. The van der Waals surface area contributed by atoms with Gasteiger partial charge in [-0.3, -0.25) is 0 Å². The van der Waals surface area contributed by atoms with Crippen LogP contribution in [0.4, 0.5) is 0 Å². The second-order valence-corrected chi connectivity index (χ2v) is 7.16. The molecule has 0 aliphatic heterocycles. The smallest absolute Gasteiger partial charge is 0.0178 e. The maximum atomic E-state index is 3.58. The second kappa shape index (κ2) is 6.38. The molecule has 0 unspecified atom stereocenters. The first-order valence-electron chi connectivity index (χ1n) is 7.20. The van der Waals surface area contributed by atoms with Gasteiger partial charge in [0.25, 0.3) is 0 Å². The molecular weight excluding hydrogens is 300 g/mol. The minimum absolute atomic E-state index is 0.160. The lowest BCUT2D eigenvalue weighted by molar-refractivity contribution is 0.462. The SMILES string of the molecule is Cc1ccc(Br)cc1C(C)(C)CNCCNC1CC1. The van der Waals surface area contributed by atoms with Gasteiger partial charge >= 0.3 is 0 Å². The van der Waals surface area contributed by atoms with Gasteiger partial charge < -0.3 is 10.6 Å². The average molecular weight is 325 g/mol. The summed E-state index contributed by atoms with van der Waals surface area (Å²) in [7, 11) is 0. The van der Waals surface area contributed by atoms with Crippen molar-refractivity contribution in [3.05, 3.63) is 33.8 Å². The van der Waals surface area contributed by atoms with Gasteiger partial charge in [-0.15, -0.1) is 0 Å². The van der Waals surface area contributed by atoms with Crippen molar-refractivity contribution in [2.45, 2.75) is 45.1 Å². The number of hydrogen-bond acceptors (Lipinski definition) is 2. The van der Waals surface area contributed by atoms with E-state index in [9.17, 15) is 0 Å². The standard InChI is InChI=1S/C16H25BrN2/c1-12-4-5-13(17)10-15(12)16(2,3)11-18-8-9-19-14-6-7-14/h4-5,10,14,18-19H,6-9,11H2,1-3H3. The van der Waals surface area contributed by atoms with Crippen molar-refractivity contribution in [1.29, 1.82) is 0 Å². The van der Waals surface area contributed by atoms with E-state index in [1.54, 1.807) is 0 Å². The fraction of sp³-hybridized carbons (Fsp3) is 0.625. The molecule has 106 valence electrons. The van der Waals surface area contributed by atoms with Crippen LogP contribution in [0.1, 0.15) is 37.8 Å². The van der Waals surface area contributed by atoms with E-state index in [-0.39, 0.29) is 5.41 Å². The molecule has 19 heavy (non-hydrogen) atoms. The average Bonchev–Trinajstić information content (AvgIpc) is 3.15. The van der Waals surface area contributed by atoms with E-state index in [1.165, 1.54) is 24.0 Å². The molecule has 2 rings (SSSR count). The molecule has 0 spiro atoms. The Morgan fingerprint density at radius 2 is 2.00 bits per heavy atom. The number of hydrogen-bond donors (Lipinski definition) is 2. The first kappa shape index (κ1) is 15.0. The molecule has 0 atom stereocenters. The van der Waals surface area contributed by atoms with E-state index in [0.29, 0.717) is 0 Å². The molecular formula is C16H25BrN2. The van der Waals surface area contributed by atoms with Crippen LogP contribution in [0.25, 0.3) is 0 Å². The highest BCUT2D eigenvalue weighted by atomic mass is 79.9. The molecule has 3 heteroatoms. The Bertz CT molecular complexity index is 425. The van der Waals surface area contributed by atoms with Crippen LogP contribution in [0.15, 0.2) is 22.7 Å². The van der Waals surface area contributed by atoms with Gasteiger partial charge in [0.1, 0.15) is 0 Å². The van der Waals surface area contributed by atoms with Crippen molar-refractivity contribution in [3.8, 4) is 0 Å². The normalized spacial score (nSPS) is 15.8. The summed E-state index contributed by atoms with van der Waals surface area (Å²) < 4.78 is 1.16. The van der Waals surface area contributed by atoms with Crippen LogP contribution < -0.4 is 10.6 Å². The van der Waals surface area contributed by atoms with E-state index < -0.39 is 0 Å². The summed E-state index contributed by atoms with van der Waals surface area (Å²) in [6, 6.07) is 7.36. The molecule has 0 radical (unpaired) electrons. The molecule has 1 saturated carbocycles. The van der Waals surface area contributed by atoms with E-state index in [0.717, 1.165) is 30.1 Å². The Kier molecular flexibility index (Phi) is 5.04. The molecule has 0 saturated heterocycles. The first-order chi connectivity index (χ1) is 8.99. The second-order valence-electron chi connectivity index (χ2n) is 6.25. The predicted molar refractivity (Wildman–Crippen MR) is 85.8 cm³/mol. The van der Waals surface area contributed by atoms with Crippen LogP contribution in [-0.2, 0) is 5.41 Å². The highest BCUT2D eigenvalue weighted by Crippen LogP contribution is 2.28. The van der Waals surface area contributed by atoms with Crippen molar-refractivity contribution in [2.75, 3.05) is 19.6 Å². The predicted octanol–water partition coefficient (Wildman–Crippen LogP) is 3.38. The quantitative estimate of drug-likeness (QED) is 0.751. The number of nitrogens with one attached hydrogen (secondary N) is 2. The number of aryl methyl sites for hydroxylation is 1. The van der Waals surface area contributed by atoms with E-state index >= 15 is 0 Å². The van der Waals surface area contributed by atoms with Crippen molar-refractivity contribution < 1.29 is 0 Å². The van der Waals surface area contributed by atoms with E-state index in [1.807, 2.05) is 0 Å². The molecule has 1 aliphatic rings. The molecule has 1 aliphatic carbocycles. The summed E-state index contributed by atoms with van der Waals surface area (Å²) in [6.07, 6.45) is 2.73. The van der Waals surface area contributed by atoms with Gasteiger partial charge in [0.05, 0.1) is 0 Å². The summed E-state index contributed by atoms with van der Waals surface area (Å²) >= 11 is 3.57. The van der Waals surface area contributed by atoms with Crippen molar-refractivity contribution in [3.63, 3.8) is 0 Å².